The van der Waals surface area contributed by atoms with Gasteiger partial charge in [0.05, 0.1) is 11.2 Å². The quantitative estimate of drug-likeness (QED) is 0.771. The summed E-state index contributed by atoms with van der Waals surface area (Å²) in [5.74, 6) is 0.243. The number of halogens is 1. The molecule has 2 nitrogen and oxygen atoms in total. The Bertz CT molecular complexity index is 507. The molecule has 0 spiro atoms. The zero-order valence-electron chi connectivity index (χ0n) is 12.7. The summed E-state index contributed by atoms with van der Waals surface area (Å²) in [4.78, 5) is 0. The minimum Gasteiger partial charge on any atom is -0.399 e. The molecular formula is C16H22BFO2. The molecular weight excluding hydrogens is 254 g/mol. The Hall–Kier alpha value is -0.865. The highest BCUT2D eigenvalue weighted by atomic mass is 19.1. The lowest BCUT2D eigenvalue weighted by Crippen LogP contribution is -2.41. The molecule has 0 aromatic heterocycles. The van der Waals surface area contributed by atoms with Gasteiger partial charge in [-0.3, -0.25) is 0 Å². The van der Waals surface area contributed by atoms with E-state index in [2.05, 4.69) is 0 Å². The smallest absolute Gasteiger partial charge is 0.399 e. The van der Waals surface area contributed by atoms with Crippen LogP contribution in [0.3, 0.4) is 0 Å². The molecule has 1 aliphatic carbocycles. The van der Waals surface area contributed by atoms with Gasteiger partial charge in [0.2, 0.25) is 0 Å². The van der Waals surface area contributed by atoms with Crippen LogP contribution in [0.25, 0.3) is 0 Å². The molecule has 0 N–H and O–H groups in total. The first kappa shape index (κ1) is 14.1. The Kier molecular flexibility index (Phi) is 3.22. The van der Waals surface area contributed by atoms with Crippen molar-refractivity contribution >= 4 is 12.6 Å². The zero-order chi connectivity index (χ0) is 14.5. The lowest BCUT2D eigenvalue weighted by Gasteiger charge is -2.32. The highest BCUT2D eigenvalue weighted by Gasteiger charge is 2.53. The molecule has 2 fully saturated rings. The molecule has 1 aromatic rings. The molecule has 20 heavy (non-hydrogen) atoms. The molecule has 1 aromatic carbocycles. The van der Waals surface area contributed by atoms with E-state index in [1.165, 1.54) is 12.5 Å². The fourth-order valence-corrected chi connectivity index (χ4v) is 2.84. The van der Waals surface area contributed by atoms with Crippen molar-refractivity contribution in [1.82, 2.24) is 0 Å². The summed E-state index contributed by atoms with van der Waals surface area (Å²) in [5.41, 5.74) is 0.804. The summed E-state index contributed by atoms with van der Waals surface area (Å²) in [6.45, 7) is 7.99. The Morgan fingerprint density at radius 2 is 1.70 bits per heavy atom. The van der Waals surface area contributed by atoms with Gasteiger partial charge in [-0.15, -0.1) is 0 Å². The summed E-state index contributed by atoms with van der Waals surface area (Å²) in [5, 5.41) is 0. The van der Waals surface area contributed by atoms with E-state index in [1.54, 1.807) is 6.07 Å². The topological polar surface area (TPSA) is 18.5 Å². The van der Waals surface area contributed by atoms with Gasteiger partial charge in [0, 0.05) is 5.46 Å². The third-order valence-electron chi connectivity index (χ3n) is 5.12. The summed E-state index contributed by atoms with van der Waals surface area (Å²) in [6, 6.07) is 5.31. The van der Waals surface area contributed by atoms with E-state index < -0.39 is 18.3 Å². The lowest BCUT2D eigenvalue weighted by atomic mass is 9.68. The summed E-state index contributed by atoms with van der Waals surface area (Å²) in [7, 11) is -0.600. The van der Waals surface area contributed by atoms with E-state index in [0.717, 1.165) is 18.4 Å². The van der Waals surface area contributed by atoms with Crippen molar-refractivity contribution < 1.29 is 13.7 Å². The first-order valence-electron chi connectivity index (χ1n) is 7.46. The van der Waals surface area contributed by atoms with Crippen molar-refractivity contribution in [1.29, 1.82) is 0 Å². The molecule has 1 saturated heterocycles. The number of hydrogen-bond acceptors (Lipinski definition) is 2. The molecule has 1 saturated carbocycles. The van der Waals surface area contributed by atoms with E-state index >= 15 is 0 Å². The number of rotatable bonds is 2. The van der Waals surface area contributed by atoms with Crippen LogP contribution in [0.1, 0.15) is 58.4 Å². The van der Waals surface area contributed by atoms with Gasteiger partial charge in [-0.05, 0) is 58.1 Å². The van der Waals surface area contributed by atoms with Gasteiger partial charge in [0.1, 0.15) is 5.82 Å². The summed E-state index contributed by atoms with van der Waals surface area (Å²) in [6.07, 6.45) is 3.50. The minimum absolute atomic E-state index is 0.215. The standard InChI is InChI=1S/C16H22BFO2/c1-15(2)16(3,4)20-17(19-15)14-12(11-7-5-8-11)9-6-10-13(14)18/h6,9-11H,5,7-8H2,1-4H3. The van der Waals surface area contributed by atoms with Crippen LogP contribution in [0.5, 0.6) is 0 Å². The molecule has 0 unspecified atom stereocenters. The average Bonchev–Trinajstić information content (AvgIpc) is 2.45. The van der Waals surface area contributed by atoms with Crippen LogP contribution < -0.4 is 5.46 Å². The summed E-state index contributed by atoms with van der Waals surface area (Å²) >= 11 is 0. The first-order valence-corrected chi connectivity index (χ1v) is 7.46. The third kappa shape index (κ3) is 2.10. The maximum absolute atomic E-state index is 14.4. The van der Waals surface area contributed by atoms with Crippen molar-refractivity contribution in [3.63, 3.8) is 0 Å². The molecule has 0 radical (unpaired) electrons. The van der Waals surface area contributed by atoms with Crippen LogP contribution in [0.15, 0.2) is 18.2 Å². The van der Waals surface area contributed by atoms with Gasteiger partial charge in [-0.2, -0.15) is 0 Å². The Morgan fingerprint density at radius 1 is 1.10 bits per heavy atom. The monoisotopic (exact) mass is 276 g/mol. The largest absolute Gasteiger partial charge is 0.498 e. The van der Waals surface area contributed by atoms with Crippen LogP contribution in [0.2, 0.25) is 0 Å². The molecule has 0 bridgehead atoms. The zero-order valence-corrected chi connectivity index (χ0v) is 12.7. The molecule has 1 aliphatic heterocycles. The second-order valence-corrected chi connectivity index (χ2v) is 6.96. The van der Waals surface area contributed by atoms with E-state index in [0.29, 0.717) is 11.4 Å². The molecule has 0 amide bonds. The second-order valence-electron chi connectivity index (χ2n) is 6.96. The van der Waals surface area contributed by atoms with E-state index in [1.807, 2.05) is 33.8 Å². The highest BCUT2D eigenvalue weighted by Crippen LogP contribution is 2.40. The van der Waals surface area contributed by atoms with Gasteiger partial charge in [0.25, 0.3) is 0 Å². The van der Waals surface area contributed by atoms with Crippen molar-refractivity contribution in [2.75, 3.05) is 0 Å². The van der Waals surface area contributed by atoms with Crippen LogP contribution in [0, 0.1) is 5.82 Å². The molecule has 3 rings (SSSR count). The van der Waals surface area contributed by atoms with Crippen molar-refractivity contribution in [3.8, 4) is 0 Å². The average molecular weight is 276 g/mol. The van der Waals surface area contributed by atoms with Gasteiger partial charge >= 0.3 is 7.12 Å². The summed E-state index contributed by atoms with van der Waals surface area (Å²) < 4.78 is 26.4. The van der Waals surface area contributed by atoms with Gasteiger partial charge in [-0.1, -0.05) is 18.6 Å². The minimum atomic E-state index is -0.600. The van der Waals surface area contributed by atoms with Crippen molar-refractivity contribution in [2.45, 2.75) is 64.1 Å². The number of hydrogen-bond donors (Lipinski definition) is 0. The molecule has 0 atom stereocenters. The van der Waals surface area contributed by atoms with Crippen LogP contribution in [-0.4, -0.2) is 18.3 Å². The van der Waals surface area contributed by atoms with E-state index in [-0.39, 0.29) is 5.82 Å². The van der Waals surface area contributed by atoms with Crippen LogP contribution in [-0.2, 0) is 9.31 Å². The van der Waals surface area contributed by atoms with Crippen molar-refractivity contribution in [3.05, 3.63) is 29.6 Å². The molecule has 4 heteroatoms. The van der Waals surface area contributed by atoms with E-state index in [4.69, 9.17) is 9.31 Å². The highest BCUT2D eigenvalue weighted by molar-refractivity contribution is 6.62. The lowest BCUT2D eigenvalue weighted by molar-refractivity contribution is 0.00578. The maximum Gasteiger partial charge on any atom is 0.498 e. The van der Waals surface area contributed by atoms with Gasteiger partial charge < -0.3 is 9.31 Å². The van der Waals surface area contributed by atoms with Crippen LogP contribution >= 0.6 is 0 Å². The predicted octanol–water partition coefficient (Wildman–Crippen LogP) is 3.39. The Labute approximate surface area is 120 Å². The fourth-order valence-electron chi connectivity index (χ4n) is 2.84. The normalized spacial score (nSPS) is 24.8. The SMILES string of the molecule is CC1(C)OB(c2c(F)cccc2C2CCC2)OC1(C)C. The fraction of sp³-hybridized carbons (Fsp3) is 0.625. The van der Waals surface area contributed by atoms with E-state index in [9.17, 15) is 4.39 Å². The Balaban J connectivity index is 1.99. The number of benzene rings is 1. The van der Waals surface area contributed by atoms with Gasteiger partial charge in [0.15, 0.2) is 0 Å². The predicted molar refractivity (Wildman–Crippen MR) is 78.7 cm³/mol. The second kappa shape index (κ2) is 4.57. The first-order chi connectivity index (χ1) is 9.32. The molecule has 108 valence electrons. The third-order valence-corrected chi connectivity index (χ3v) is 5.12. The Morgan fingerprint density at radius 3 is 2.20 bits per heavy atom. The maximum atomic E-state index is 14.4. The molecule has 1 heterocycles. The van der Waals surface area contributed by atoms with Crippen molar-refractivity contribution in [2.24, 2.45) is 0 Å². The molecule has 2 aliphatic rings. The van der Waals surface area contributed by atoms with Crippen LogP contribution in [0.4, 0.5) is 4.39 Å². The van der Waals surface area contributed by atoms with Gasteiger partial charge in [-0.25, -0.2) is 4.39 Å².